The van der Waals surface area contributed by atoms with Gasteiger partial charge in [-0.15, -0.1) is 0 Å². The Bertz CT molecular complexity index is 552. The van der Waals surface area contributed by atoms with Gasteiger partial charge in [0.25, 0.3) is 0 Å². The van der Waals surface area contributed by atoms with Gasteiger partial charge in [-0.1, -0.05) is 5.57 Å². The molecule has 1 heterocycles. The molecule has 3 nitrogen and oxygen atoms in total. The predicted molar refractivity (Wildman–Crippen MR) is 72.9 cm³/mol. The number of H-pyrrole nitrogens is 2. The van der Waals surface area contributed by atoms with Gasteiger partial charge in [-0.05, 0) is 62.7 Å². The highest BCUT2D eigenvalue weighted by Gasteiger charge is 2.30. The molecule has 3 rings (SSSR count). The molecule has 0 aromatic carbocycles. The lowest BCUT2D eigenvalue weighted by Gasteiger charge is -2.28. The molecule has 0 saturated heterocycles. The lowest BCUT2D eigenvalue weighted by atomic mass is 9.75. The van der Waals surface area contributed by atoms with Gasteiger partial charge in [-0.2, -0.15) is 0 Å². The number of carbonyl (C=O) groups is 1. The van der Waals surface area contributed by atoms with Crippen LogP contribution in [0.4, 0.5) is 0 Å². The second-order valence-corrected chi connectivity index (χ2v) is 5.77. The van der Waals surface area contributed by atoms with E-state index in [1.165, 1.54) is 18.4 Å². The highest BCUT2D eigenvalue weighted by molar-refractivity contribution is 7.71. The summed E-state index contributed by atoms with van der Waals surface area (Å²) in [5.74, 6) is 0.555. The normalized spacial score (nSPS) is 24.2. The second-order valence-electron chi connectivity index (χ2n) is 5.36. The average Bonchev–Trinajstić information content (AvgIpc) is 2.79. The van der Waals surface area contributed by atoms with E-state index in [0.29, 0.717) is 10.6 Å². The van der Waals surface area contributed by atoms with Crippen LogP contribution in [-0.2, 0) is 11.2 Å². The summed E-state index contributed by atoms with van der Waals surface area (Å²) >= 11 is 5.02. The topological polar surface area (TPSA) is 48.6 Å². The summed E-state index contributed by atoms with van der Waals surface area (Å²) in [6.07, 6.45) is 9.42. The minimum atomic E-state index is 0.156. The minimum Gasteiger partial charge on any atom is -0.337 e. The number of Topliss-reactive ketones (excluding diaryl/α,β-unsaturated/α-hetero) is 1. The van der Waals surface area contributed by atoms with Crippen LogP contribution in [0.15, 0.2) is 17.3 Å². The number of ketones is 1. The molecular weight excluding hydrogens is 244 g/mol. The SMILES string of the molecule is O=C1C2=C(CCCC2)CCC1Cc1c[nH]c(=S)[nH]1. The third-order valence-corrected chi connectivity index (χ3v) is 4.38. The van der Waals surface area contributed by atoms with Gasteiger partial charge < -0.3 is 9.97 Å². The Morgan fingerprint density at radius 1 is 1.28 bits per heavy atom. The molecule has 1 aromatic heterocycles. The van der Waals surface area contributed by atoms with Crippen molar-refractivity contribution in [1.82, 2.24) is 9.97 Å². The van der Waals surface area contributed by atoms with Crippen molar-refractivity contribution >= 4 is 18.0 Å². The van der Waals surface area contributed by atoms with E-state index in [-0.39, 0.29) is 5.92 Å². The molecule has 0 amide bonds. The molecule has 0 saturated carbocycles. The Kier molecular flexibility index (Phi) is 3.20. The van der Waals surface area contributed by atoms with Gasteiger partial charge in [0.05, 0.1) is 0 Å². The van der Waals surface area contributed by atoms with Gasteiger partial charge in [0.15, 0.2) is 10.6 Å². The second kappa shape index (κ2) is 4.84. The van der Waals surface area contributed by atoms with Crippen LogP contribution in [0.1, 0.15) is 44.2 Å². The molecule has 0 fully saturated rings. The zero-order valence-electron chi connectivity index (χ0n) is 10.4. The molecule has 2 N–H and O–H groups in total. The molecule has 0 bridgehead atoms. The van der Waals surface area contributed by atoms with Gasteiger partial charge in [-0.3, -0.25) is 4.79 Å². The van der Waals surface area contributed by atoms with E-state index in [4.69, 9.17) is 12.2 Å². The molecule has 0 spiro atoms. The lowest BCUT2D eigenvalue weighted by molar-refractivity contribution is -0.120. The van der Waals surface area contributed by atoms with Crippen molar-refractivity contribution in [1.29, 1.82) is 0 Å². The van der Waals surface area contributed by atoms with E-state index in [9.17, 15) is 4.79 Å². The predicted octanol–water partition coefficient (Wildman–Crippen LogP) is 3.46. The number of nitrogens with one attached hydrogen (secondary N) is 2. The molecule has 1 aromatic rings. The number of hydrogen-bond acceptors (Lipinski definition) is 2. The fourth-order valence-electron chi connectivity index (χ4n) is 3.21. The molecule has 1 unspecified atom stereocenters. The van der Waals surface area contributed by atoms with Gasteiger partial charge >= 0.3 is 0 Å². The van der Waals surface area contributed by atoms with Crippen molar-refractivity contribution in [3.05, 3.63) is 27.8 Å². The molecule has 4 heteroatoms. The zero-order chi connectivity index (χ0) is 12.5. The molecule has 96 valence electrons. The summed E-state index contributed by atoms with van der Waals surface area (Å²) in [6, 6.07) is 0. The first-order chi connectivity index (χ1) is 8.74. The van der Waals surface area contributed by atoms with Crippen LogP contribution in [0.5, 0.6) is 0 Å². The summed E-state index contributed by atoms with van der Waals surface area (Å²) in [4.78, 5) is 18.5. The number of carbonyl (C=O) groups excluding carboxylic acids is 1. The van der Waals surface area contributed by atoms with Crippen molar-refractivity contribution in [2.24, 2.45) is 5.92 Å². The largest absolute Gasteiger partial charge is 0.337 e. The number of allylic oxidation sites excluding steroid dienone is 2. The van der Waals surface area contributed by atoms with Crippen molar-refractivity contribution in [3.63, 3.8) is 0 Å². The van der Waals surface area contributed by atoms with Crippen molar-refractivity contribution < 1.29 is 4.79 Å². The first-order valence-corrected chi connectivity index (χ1v) is 7.16. The Balaban J connectivity index is 1.77. The van der Waals surface area contributed by atoms with Crippen molar-refractivity contribution in [3.8, 4) is 0 Å². The van der Waals surface area contributed by atoms with Crippen molar-refractivity contribution in [2.45, 2.75) is 44.9 Å². The maximum atomic E-state index is 12.5. The van der Waals surface area contributed by atoms with Crippen LogP contribution < -0.4 is 0 Å². The van der Waals surface area contributed by atoms with E-state index < -0.39 is 0 Å². The smallest absolute Gasteiger partial charge is 0.174 e. The van der Waals surface area contributed by atoms with Crippen LogP contribution in [0, 0.1) is 10.7 Å². The highest BCUT2D eigenvalue weighted by atomic mass is 32.1. The van der Waals surface area contributed by atoms with Gasteiger partial charge in [0.2, 0.25) is 0 Å². The van der Waals surface area contributed by atoms with E-state index in [1.54, 1.807) is 0 Å². The summed E-state index contributed by atoms with van der Waals surface area (Å²) < 4.78 is 0.644. The maximum absolute atomic E-state index is 12.5. The average molecular weight is 262 g/mol. The number of imidazole rings is 1. The Morgan fingerprint density at radius 2 is 2.11 bits per heavy atom. The fraction of sp³-hybridized carbons (Fsp3) is 0.571. The van der Waals surface area contributed by atoms with Gasteiger partial charge in [-0.25, -0.2) is 0 Å². The molecular formula is C14H18N2OS. The van der Waals surface area contributed by atoms with Crippen LogP contribution in [-0.4, -0.2) is 15.8 Å². The third-order valence-electron chi connectivity index (χ3n) is 4.16. The number of aromatic nitrogens is 2. The maximum Gasteiger partial charge on any atom is 0.174 e. The minimum absolute atomic E-state index is 0.156. The van der Waals surface area contributed by atoms with Crippen LogP contribution in [0.25, 0.3) is 0 Å². The molecule has 2 aliphatic rings. The van der Waals surface area contributed by atoms with Crippen molar-refractivity contribution in [2.75, 3.05) is 0 Å². The van der Waals surface area contributed by atoms with Gasteiger partial charge in [0.1, 0.15) is 0 Å². The van der Waals surface area contributed by atoms with Crippen LogP contribution >= 0.6 is 12.2 Å². The van der Waals surface area contributed by atoms with E-state index in [2.05, 4.69) is 9.97 Å². The summed E-state index contributed by atoms with van der Waals surface area (Å²) in [6.45, 7) is 0. The first kappa shape index (κ1) is 11.9. The molecule has 18 heavy (non-hydrogen) atoms. The molecule has 1 atom stereocenters. The van der Waals surface area contributed by atoms with Gasteiger partial charge in [0, 0.05) is 17.8 Å². The van der Waals surface area contributed by atoms with E-state index in [0.717, 1.165) is 43.4 Å². The number of aromatic amines is 2. The molecule has 0 aliphatic heterocycles. The summed E-state index contributed by atoms with van der Waals surface area (Å²) in [5.41, 5.74) is 3.66. The summed E-state index contributed by atoms with van der Waals surface area (Å²) in [5, 5.41) is 0. The standard InChI is InChI=1S/C14H18N2OS/c17-13-10(7-11-8-15-14(18)16-11)6-5-9-3-1-2-4-12(9)13/h8,10H,1-7H2,(H2,15,16,18). The highest BCUT2D eigenvalue weighted by Crippen LogP contribution is 2.36. The quantitative estimate of drug-likeness (QED) is 0.802. The Labute approximate surface area is 112 Å². The fourth-order valence-corrected chi connectivity index (χ4v) is 3.40. The number of rotatable bonds is 2. The van der Waals surface area contributed by atoms with Crippen LogP contribution in [0.3, 0.4) is 0 Å². The monoisotopic (exact) mass is 262 g/mol. The molecule has 0 radical (unpaired) electrons. The summed E-state index contributed by atoms with van der Waals surface area (Å²) in [7, 11) is 0. The third kappa shape index (κ3) is 2.21. The lowest BCUT2D eigenvalue weighted by Crippen LogP contribution is -2.26. The first-order valence-electron chi connectivity index (χ1n) is 6.75. The number of hydrogen-bond donors (Lipinski definition) is 2. The Morgan fingerprint density at radius 3 is 2.89 bits per heavy atom. The van der Waals surface area contributed by atoms with E-state index in [1.807, 2.05) is 6.20 Å². The Hall–Kier alpha value is -1.16. The van der Waals surface area contributed by atoms with Crippen LogP contribution in [0.2, 0.25) is 0 Å². The van der Waals surface area contributed by atoms with E-state index >= 15 is 0 Å². The molecule has 2 aliphatic carbocycles. The zero-order valence-corrected chi connectivity index (χ0v) is 11.2.